The highest BCUT2D eigenvalue weighted by atomic mass is 16.6. The molecule has 0 saturated carbocycles. The lowest BCUT2D eigenvalue weighted by molar-refractivity contribution is 0.0847. The number of methoxy groups -OCH3 is 1. The molecule has 0 spiro atoms. The van der Waals surface area contributed by atoms with Gasteiger partial charge >= 0.3 is 0 Å². The van der Waals surface area contributed by atoms with Crippen LogP contribution in [0.4, 0.5) is 0 Å². The maximum atomic E-state index is 5.86. The third-order valence-corrected chi connectivity index (χ3v) is 3.63. The largest absolute Gasteiger partial charge is 0.493 e. The molecule has 1 aliphatic rings. The molecular formula is C18H26N2O3. The Hall–Kier alpha value is -2.01. The highest BCUT2D eigenvalue weighted by Crippen LogP contribution is 2.31. The van der Waals surface area contributed by atoms with Gasteiger partial charge in [-0.3, -0.25) is 0 Å². The lowest BCUT2D eigenvalue weighted by atomic mass is 10.1. The second kappa shape index (κ2) is 8.58. The molecular weight excluding hydrogens is 292 g/mol. The average Bonchev–Trinajstić information content (AvgIpc) is 3.01. The van der Waals surface area contributed by atoms with Gasteiger partial charge in [-0.1, -0.05) is 30.8 Å². The van der Waals surface area contributed by atoms with Gasteiger partial charge < -0.3 is 19.6 Å². The van der Waals surface area contributed by atoms with Gasteiger partial charge in [0.05, 0.1) is 12.8 Å². The summed E-state index contributed by atoms with van der Waals surface area (Å²) in [6, 6.07) is 5.90. The summed E-state index contributed by atoms with van der Waals surface area (Å²) in [6.45, 7) is 9.83. The molecule has 1 heterocycles. The third kappa shape index (κ3) is 4.99. The van der Waals surface area contributed by atoms with E-state index < -0.39 is 0 Å². The Balaban J connectivity index is 1.92. The number of nitrogens with zero attached hydrogens (tertiary/aromatic N) is 1. The van der Waals surface area contributed by atoms with E-state index in [-0.39, 0.29) is 6.10 Å². The van der Waals surface area contributed by atoms with E-state index in [9.17, 15) is 0 Å². The zero-order valence-corrected chi connectivity index (χ0v) is 14.2. The summed E-state index contributed by atoms with van der Waals surface area (Å²) in [5.74, 6) is 1.50. The fourth-order valence-electron chi connectivity index (χ4n) is 2.39. The first-order valence-electron chi connectivity index (χ1n) is 7.99. The van der Waals surface area contributed by atoms with Crippen LogP contribution in [0.25, 0.3) is 0 Å². The highest BCUT2D eigenvalue weighted by Gasteiger charge is 2.19. The number of nitrogens with one attached hydrogen (secondary N) is 1. The first-order chi connectivity index (χ1) is 11.1. The minimum Gasteiger partial charge on any atom is -0.493 e. The molecule has 1 aromatic carbocycles. The van der Waals surface area contributed by atoms with Crippen molar-refractivity contribution in [3.8, 4) is 11.5 Å². The Morgan fingerprint density at radius 3 is 2.96 bits per heavy atom. The second-order valence-electron chi connectivity index (χ2n) is 5.77. The molecule has 1 N–H and O–H groups in total. The van der Waals surface area contributed by atoms with E-state index in [1.54, 1.807) is 7.11 Å². The smallest absolute Gasteiger partial charge is 0.166 e. The van der Waals surface area contributed by atoms with Crippen LogP contribution in [-0.4, -0.2) is 32.1 Å². The predicted molar refractivity (Wildman–Crippen MR) is 92.2 cm³/mol. The van der Waals surface area contributed by atoms with Gasteiger partial charge in [0.25, 0.3) is 0 Å². The molecule has 0 bridgehead atoms. The average molecular weight is 318 g/mol. The van der Waals surface area contributed by atoms with E-state index in [4.69, 9.17) is 14.3 Å². The van der Waals surface area contributed by atoms with Crippen molar-refractivity contribution < 1.29 is 14.3 Å². The second-order valence-corrected chi connectivity index (χ2v) is 5.77. The zero-order chi connectivity index (χ0) is 16.7. The fourth-order valence-corrected chi connectivity index (χ4v) is 2.39. The van der Waals surface area contributed by atoms with Crippen molar-refractivity contribution in [3.63, 3.8) is 0 Å². The molecule has 1 aromatic rings. The highest BCUT2D eigenvalue weighted by molar-refractivity contribution is 5.85. The molecule has 126 valence electrons. The number of para-hydroxylation sites is 1. The molecule has 5 nitrogen and oxygen atoms in total. The topological polar surface area (TPSA) is 52.1 Å². The molecule has 1 aliphatic heterocycles. The summed E-state index contributed by atoms with van der Waals surface area (Å²) in [5, 5.41) is 7.49. The van der Waals surface area contributed by atoms with Gasteiger partial charge in [0, 0.05) is 25.1 Å². The van der Waals surface area contributed by atoms with Crippen molar-refractivity contribution in [1.29, 1.82) is 0 Å². The molecule has 0 radical (unpaired) electrons. The van der Waals surface area contributed by atoms with Crippen molar-refractivity contribution in [2.24, 2.45) is 5.16 Å². The Bertz CT molecular complexity index is 569. The van der Waals surface area contributed by atoms with Crippen LogP contribution < -0.4 is 14.8 Å². The molecule has 0 saturated heterocycles. The Morgan fingerprint density at radius 2 is 2.30 bits per heavy atom. The first kappa shape index (κ1) is 17.3. The van der Waals surface area contributed by atoms with Gasteiger partial charge in [-0.25, -0.2) is 0 Å². The summed E-state index contributed by atoms with van der Waals surface area (Å²) >= 11 is 0. The van der Waals surface area contributed by atoms with E-state index in [2.05, 4.69) is 24.0 Å². The van der Waals surface area contributed by atoms with Crippen molar-refractivity contribution in [3.05, 3.63) is 35.9 Å². The van der Waals surface area contributed by atoms with E-state index >= 15 is 0 Å². The van der Waals surface area contributed by atoms with E-state index in [0.29, 0.717) is 13.2 Å². The van der Waals surface area contributed by atoms with Crippen LogP contribution in [0.15, 0.2) is 35.5 Å². The van der Waals surface area contributed by atoms with Gasteiger partial charge in [-0.2, -0.15) is 0 Å². The van der Waals surface area contributed by atoms with Crippen LogP contribution in [-0.2, 0) is 11.4 Å². The first-order valence-corrected chi connectivity index (χ1v) is 7.99. The molecule has 0 fully saturated rings. The van der Waals surface area contributed by atoms with Crippen LogP contribution in [0.2, 0.25) is 0 Å². The number of oxime groups is 1. The van der Waals surface area contributed by atoms with Crippen LogP contribution >= 0.6 is 0 Å². The van der Waals surface area contributed by atoms with Gasteiger partial charge in [0.2, 0.25) is 0 Å². The molecule has 0 amide bonds. The quantitative estimate of drug-likeness (QED) is 0.710. The maximum Gasteiger partial charge on any atom is 0.166 e. The summed E-state index contributed by atoms with van der Waals surface area (Å²) < 4.78 is 11.3. The molecule has 1 unspecified atom stereocenters. The van der Waals surface area contributed by atoms with Crippen molar-refractivity contribution >= 4 is 5.71 Å². The van der Waals surface area contributed by atoms with E-state index in [1.807, 2.05) is 25.1 Å². The number of rotatable bonds is 9. The Labute approximate surface area is 138 Å². The monoisotopic (exact) mass is 318 g/mol. The van der Waals surface area contributed by atoms with E-state index in [1.165, 1.54) is 0 Å². The molecule has 0 aliphatic carbocycles. The lowest BCUT2D eigenvalue weighted by Gasteiger charge is -2.16. The van der Waals surface area contributed by atoms with Gasteiger partial charge in [-0.15, -0.1) is 0 Å². The van der Waals surface area contributed by atoms with Crippen LogP contribution in [0.1, 0.15) is 32.3 Å². The Morgan fingerprint density at radius 1 is 1.48 bits per heavy atom. The maximum absolute atomic E-state index is 5.86. The van der Waals surface area contributed by atoms with Crippen molar-refractivity contribution in [2.75, 3.05) is 20.3 Å². The van der Waals surface area contributed by atoms with E-state index in [0.717, 1.165) is 47.7 Å². The predicted octanol–water partition coefficient (Wildman–Crippen LogP) is 3.29. The summed E-state index contributed by atoms with van der Waals surface area (Å²) in [5.41, 5.74) is 3.15. The van der Waals surface area contributed by atoms with Crippen LogP contribution in [0, 0.1) is 0 Å². The number of hydrogen-bond acceptors (Lipinski definition) is 5. The third-order valence-electron chi connectivity index (χ3n) is 3.63. The molecule has 5 heteroatoms. The number of hydrogen-bond donors (Lipinski definition) is 1. The van der Waals surface area contributed by atoms with Crippen molar-refractivity contribution in [1.82, 2.24) is 5.32 Å². The summed E-state index contributed by atoms with van der Waals surface area (Å²) in [7, 11) is 1.65. The number of ether oxygens (including phenoxy) is 2. The summed E-state index contributed by atoms with van der Waals surface area (Å²) in [6.07, 6.45) is 1.97. The van der Waals surface area contributed by atoms with Crippen molar-refractivity contribution in [2.45, 2.75) is 39.3 Å². The normalized spacial score (nSPS) is 16.7. The molecule has 2 rings (SSSR count). The van der Waals surface area contributed by atoms with Gasteiger partial charge in [-0.05, 0) is 25.0 Å². The van der Waals surface area contributed by atoms with Crippen LogP contribution in [0.3, 0.4) is 0 Å². The molecule has 23 heavy (non-hydrogen) atoms. The van der Waals surface area contributed by atoms with Gasteiger partial charge in [0.1, 0.15) is 12.7 Å². The SMILES string of the molecule is C=C(C)COc1c(CNCC2CC(CC)=NO2)cccc1OC. The molecule has 0 aromatic heterocycles. The fraction of sp³-hybridized carbons (Fsp3) is 0.500. The van der Waals surface area contributed by atoms with Crippen LogP contribution in [0.5, 0.6) is 11.5 Å². The summed E-state index contributed by atoms with van der Waals surface area (Å²) in [4.78, 5) is 5.41. The number of benzene rings is 1. The van der Waals surface area contributed by atoms with Gasteiger partial charge in [0.15, 0.2) is 11.5 Å². The Kier molecular flexibility index (Phi) is 6.47. The minimum absolute atomic E-state index is 0.121. The standard InChI is InChI=1S/C18H26N2O3/c1-5-15-9-16(23-20-15)11-19-10-14-7-6-8-17(21-4)18(14)22-12-13(2)3/h6-8,16,19H,2,5,9-12H2,1,3-4H3. The minimum atomic E-state index is 0.121. The molecule has 1 atom stereocenters. The zero-order valence-electron chi connectivity index (χ0n) is 14.2. The lowest BCUT2D eigenvalue weighted by Crippen LogP contribution is -2.26.